The van der Waals surface area contributed by atoms with Gasteiger partial charge in [-0.3, -0.25) is 9.36 Å². The Morgan fingerprint density at radius 3 is 2.28 bits per heavy atom. The van der Waals surface area contributed by atoms with Crippen LogP contribution in [0.1, 0.15) is 72.0 Å². The van der Waals surface area contributed by atoms with E-state index in [-0.39, 0.29) is 22.8 Å². The van der Waals surface area contributed by atoms with Crippen molar-refractivity contribution < 1.29 is 27.5 Å². The number of thioether (sulfide) groups is 1. The van der Waals surface area contributed by atoms with Crippen LogP contribution in [0.5, 0.6) is 0 Å². The molecule has 0 aliphatic carbocycles. The van der Waals surface area contributed by atoms with Gasteiger partial charge in [-0.1, -0.05) is 85.4 Å². The Kier molecular flexibility index (Phi) is 13.1. The van der Waals surface area contributed by atoms with Crippen molar-refractivity contribution in [2.45, 2.75) is 102 Å². The average Bonchev–Trinajstić information content (AvgIpc) is 3.61. The van der Waals surface area contributed by atoms with Gasteiger partial charge in [0.25, 0.3) is 5.91 Å². The summed E-state index contributed by atoms with van der Waals surface area (Å²) in [4.78, 5) is 26.5. The minimum Gasteiger partial charge on any atom is -0.468 e. The van der Waals surface area contributed by atoms with Crippen molar-refractivity contribution in [3.05, 3.63) is 48.5 Å². The third-order valence-electron chi connectivity index (χ3n) is 8.39. The Labute approximate surface area is 290 Å². The number of amides is 1. The van der Waals surface area contributed by atoms with Crippen LogP contribution in [0.3, 0.4) is 0 Å². The van der Waals surface area contributed by atoms with Crippen LogP contribution in [-0.2, 0) is 22.8 Å². The smallest absolute Gasteiger partial charge is 0.343 e. The lowest BCUT2D eigenvalue weighted by Crippen LogP contribution is -2.54. The zero-order valence-electron chi connectivity index (χ0n) is 28.9. The number of hydrogen-bond donors (Lipinski definition) is 1. The molecule has 0 bridgehead atoms. The summed E-state index contributed by atoms with van der Waals surface area (Å²) < 4.78 is 35.6. The van der Waals surface area contributed by atoms with Gasteiger partial charge in [0.05, 0.1) is 12.9 Å². The molecule has 3 aromatic rings. The molecule has 1 fully saturated rings. The third-order valence-corrected chi connectivity index (χ3v) is 16.7. The maximum atomic E-state index is 13.0. The predicted molar refractivity (Wildman–Crippen MR) is 194 cm³/mol. The van der Waals surface area contributed by atoms with Crippen LogP contribution in [0.25, 0.3) is 11.2 Å². The zero-order chi connectivity index (χ0) is 34.5. The fraction of sp³-hybridized carbons (Fsp3) is 0.594. The highest BCUT2D eigenvalue weighted by Gasteiger charge is 2.55. The summed E-state index contributed by atoms with van der Waals surface area (Å²) in [5.41, 5.74) is 2.49. The highest BCUT2D eigenvalue weighted by atomic mass is 32.2. The molecule has 15 heteroatoms. The molecule has 0 unspecified atom stereocenters. The number of aromatic nitrogens is 4. The average molecular weight is 719 g/mol. The topological polar surface area (TPSA) is 119 Å². The fourth-order valence-electron chi connectivity index (χ4n) is 6.24. The first kappa shape index (κ1) is 37.6. The quantitative estimate of drug-likeness (QED) is 0.135. The molecular formula is C32H48N5O6S2Si2. The molecule has 0 saturated carbocycles. The largest absolute Gasteiger partial charge is 0.468 e. The molecule has 1 amide bonds. The minimum absolute atomic E-state index is 0.143. The van der Waals surface area contributed by atoms with E-state index in [1.54, 1.807) is 42.3 Å². The van der Waals surface area contributed by atoms with Crippen molar-refractivity contribution in [1.82, 2.24) is 19.5 Å². The van der Waals surface area contributed by atoms with Crippen molar-refractivity contribution in [3.8, 4) is 0 Å². The summed E-state index contributed by atoms with van der Waals surface area (Å²) in [5, 5.41) is 2.88. The van der Waals surface area contributed by atoms with E-state index >= 15 is 0 Å². The molecule has 1 radical (unpaired) electrons. The maximum Gasteiger partial charge on any atom is 0.343 e. The van der Waals surface area contributed by atoms with Crippen molar-refractivity contribution in [1.29, 1.82) is 0 Å². The van der Waals surface area contributed by atoms with Gasteiger partial charge in [-0.15, -0.1) is 0 Å². The number of carbonyl (C=O) groups excluding carboxylic acids is 1. The van der Waals surface area contributed by atoms with E-state index in [2.05, 4.69) is 75.7 Å². The van der Waals surface area contributed by atoms with Crippen LogP contribution >= 0.6 is 24.0 Å². The SMILES string of the molecule is CO[Si](O[C@H]1[C@@H](OC(=S)SC)[C@H](n2cnc3c(NC(=O)c4ccccc4)ncnc32)O[C@@H]1CO[Si](C(C)C)C(C)C)(C(C)C)C(C)C. The molecule has 1 aliphatic rings. The van der Waals surface area contributed by atoms with Gasteiger partial charge in [0.2, 0.25) is 13.4 Å². The van der Waals surface area contributed by atoms with Gasteiger partial charge in [-0.05, 0) is 52.8 Å². The molecule has 1 N–H and O–H groups in total. The molecule has 1 saturated heterocycles. The summed E-state index contributed by atoms with van der Waals surface area (Å²) in [6, 6.07) is 8.94. The van der Waals surface area contributed by atoms with Crippen LogP contribution in [0.2, 0.25) is 22.2 Å². The van der Waals surface area contributed by atoms with Crippen LogP contribution in [-0.4, -0.2) is 85.7 Å². The van der Waals surface area contributed by atoms with Crippen molar-refractivity contribution in [3.63, 3.8) is 0 Å². The van der Waals surface area contributed by atoms with Gasteiger partial charge in [-0.25, -0.2) is 15.0 Å². The summed E-state index contributed by atoms with van der Waals surface area (Å²) in [6.45, 7) is 17.7. The summed E-state index contributed by atoms with van der Waals surface area (Å²) >= 11 is 6.95. The maximum absolute atomic E-state index is 13.0. The van der Waals surface area contributed by atoms with Gasteiger partial charge in [0, 0.05) is 12.7 Å². The minimum atomic E-state index is -2.82. The third kappa shape index (κ3) is 8.32. The fourth-order valence-corrected chi connectivity index (χ4v) is 12.5. The Morgan fingerprint density at radius 2 is 1.70 bits per heavy atom. The predicted octanol–water partition coefficient (Wildman–Crippen LogP) is 7.13. The molecule has 0 spiro atoms. The number of anilines is 1. The number of fused-ring (bicyclic) bond motifs is 1. The van der Waals surface area contributed by atoms with E-state index in [1.165, 1.54) is 18.1 Å². The standard InChI is InChI=1S/C32H48N5O6S2Si2/c1-19(2)46(20(3)4)40-16-24-26(43-47(39-9,21(5)6)22(7)8)27(42-32(44)45-10)31(41-24)37-18-35-25-28(33-17-34-29(25)37)36-30(38)23-14-12-11-13-15-23/h11-15,17-22,24,26-27,31H,16H2,1-10H3,(H,33,34,36,38)/t24-,26-,27-,31-/m1/s1. The number of carbonyl (C=O) groups is 1. The molecule has 1 aromatic carbocycles. The first-order chi connectivity index (χ1) is 22.3. The molecule has 47 heavy (non-hydrogen) atoms. The van der Waals surface area contributed by atoms with E-state index in [0.29, 0.717) is 38.8 Å². The van der Waals surface area contributed by atoms with Crippen molar-refractivity contribution >= 4 is 68.9 Å². The lowest BCUT2D eigenvalue weighted by atomic mass is 10.1. The summed E-state index contributed by atoms with van der Waals surface area (Å²) in [5.74, 6) is -0.0115. The Hall–Kier alpha value is -2.25. The van der Waals surface area contributed by atoms with Gasteiger partial charge < -0.3 is 28.1 Å². The number of benzene rings is 1. The second kappa shape index (κ2) is 16.4. The highest BCUT2D eigenvalue weighted by molar-refractivity contribution is 8.22. The number of nitrogens with zero attached hydrogens (tertiary/aromatic N) is 4. The van der Waals surface area contributed by atoms with Crippen LogP contribution in [0, 0.1) is 0 Å². The van der Waals surface area contributed by atoms with Gasteiger partial charge in [0.1, 0.15) is 18.5 Å². The Morgan fingerprint density at radius 1 is 1.04 bits per heavy atom. The highest BCUT2D eigenvalue weighted by Crippen LogP contribution is 2.43. The zero-order valence-corrected chi connectivity index (χ0v) is 32.6. The number of nitrogens with one attached hydrogen (secondary N) is 1. The number of ether oxygens (including phenoxy) is 2. The lowest BCUT2D eigenvalue weighted by Gasteiger charge is -2.40. The molecular weight excluding hydrogens is 671 g/mol. The van der Waals surface area contributed by atoms with Gasteiger partial charge in [0.15, 0.2) is 29.3 Å². The van der Waals surface area contributed by atoms with Crippen LogP contribution in [0.15, 0.2) is 43.0 Å². The van der Waals surface area contributed by atoms with Gasteiger partial charge >= 0.3 is 8.56 Å². The van der Waals surface area contributed by atoms with E-state index in [0.717, 1.165) is 0 Å². The van der Waals surface area contributed by atoms with Crippen LogP contribution in [0.4, 0.5) is 5.82 Å². The Bertz CT molecular complexity index is 1480. The van der Waals surface area contributed by atoms with E-state index in [1.807, 2.05) is 12.3 Å². The van der Waals surface area contributed by atoms with Crippen molar-refractivity contribution in [2.24, 2.45) is 0 Å². The molecule has 1 aliphatic heterocycles. The second-order valence-electron chi connectivity index (χ2n) is 12.8. The van der Waals surface area contributed by atoms with Gasteiger partial charge in [-0.2, -0.15) is 0 Å². The Balaban J connectivity index is 1.78. The molecule has 3 heterocycles. The summed E-state index contributed by atoms with van der Waals surface area (Å²) in [7, 11) is -2.25. The molecule has 2 aromatic heterocycles. The molecule has 257 valence electrons. The number of hydrogen-bond acceptors (Lipinski definition) is 11. The monoisotopic (exact) mass is 718 g/mol. The van der Waals surface area contributed by atoms with E-state index in [9.17, 15) is 4.79 Å². The normalized spacial score (nSPS) is 20.3. The first-order valence-electron chi connectivity index (χ1n) is 16.0. The first-order valence-corrected chi connectivity index (χ1v) is 21.2. The number of imidazole rings is 1. The van der Waals surface area contributed by atoms with Crippen molar-refractivity contribution in [2.75, 3.05) is 25.3 Å². The lowest BCUT2D eigenvalue weighted by molar-refractivity contribution is -0.0466. The molecule has 4 rings (SSSR count). The number of thiocarbonyl (C=S) groups is 1. The molecule has 11 nitrogen and oxygen atoms in total. The number of rotatable bonds is 14. The van der Waals surface area contributed by atoms with E-state index < -0.39 is 42.1 Å². The molecule has 4 atom stereocenters. The summed E-state index contributed by atoms with van der Waals surface area (Å²) in [6.07, 6.45) is 2.43. The van der Waals surface area contributed by atoms with Crippen LogP contribution < -0.4 is 5.32 Å². The van der Waals surface area contributed by atoms with E-state index in [4.69, 9.17) is 35.0 Å². The second-order valence-corrected chi connectivity index (χ2v) is 22.0.